The number of hydrogen-bond acceptors (Lipinski definition) is 4. The number of urea groups is 1. The molecule has 2 aliphatic heterocycles. The van der Waals surface area contributed by atoms with Crippen LogP contribution in [0.2, 0.25) is 0 Å². The van der Waals surface area contributed by atoms with Crippen molar-refractivity contribution in [2.45, 2.75) is 25.8 Å². The van der Waals surface area contributed by atoms with Crippen LogP contribution in [0.5, 0.6) is 0 Å². The normalized spacial score (nSPS) is 26.4. The molecule has 7 nitrogen and oxygen atoms in total. The number of ether oxygens (including phenoxy) is 1. The molecule has 2 aliphatic rings. The van der Waals surface area contributed by atoms with Crippen LogP contribution in [-0.4, -0.2) is 78.9 Å². The van der Waals surface area contributed by atoms with E-state index in [2.05, 4.69) is 5.32 Å². The number of nitrogens with zero attached hydrogens (tertiary/aromatic N) is 2. The van der Waals surface area contributed by atoms with E-state index in [0.29, 0.717) is 19.7 Å². The van der Waals surface area contributed by atoms with Gasteiger partial charge in [-0.3, -0.25) is 4.79 Å². The Labute approximate surface area is 125 Å². The topological polar surface area (TPSA) is 82.1 Å². The van der Waals surface area contributed by atoms with Gasteiger partial charge in [-0.2, -0.15) is 0 Å². The van der Waals surface area contributed by atoms with Gasteiger partial charge in [0, 0.05) is 26.2 Å². The van der Waals surface area contributed by atoms with Gasteiger partial charge < -0.3 is 25.0 Å². The maximum Gasteiger partial charge on any atom is 0.320 e. The standard InChI is InChI=1S/C14H25N3O4/c1-2-6-17(12-10-21-9-11(12)13(18)19)14(20)16-7-3-4-15-5-8-16/h11-12,15H,2-10H2,1H3,(H,18,19). The zero-order chi connectivity index (χ0) is 15.2. The Morgan fingerprint density at radius 3 is 2.86 bits per heavy atom. The Hall–Kier alpha value is -1.34. The predicted octanol–water partition coefficient (Wildman–Crippen LogP) is 0.213. The summed E-state index contributed by atoms with van der Waals surface area (Å²) < 4.78 is 5.31. The van der Waals surface area contributed by atoms with Crippen molar-refractivity contribution in [3.8, 4) is 0 Å². The fraction of sp³-hybridized carbons (Fsp3) is 0.857. The highest BCUT2D eigenvalue weighted by Crippen LogP contribution is 2.22. The van der Waals surface area contributed by atoms with Crippen molar-refractivity contribution < 1.29 is 19.4 Å². The molecule has 2 atom stereocenters. The third-order valence-corrected chi connectivity index (χ3v) is 4.09. The van der Waals surface area contributed by atoms with Gasteiger partial charge in [0.2, 0.25) is 0 Å². The summed E-state index contributed by atoms with van der Waals surface area (Å²) in [5.74, 6) is -1.51. The second-order valence-corrected chi connectivity index (χ2v) is 5.62. The summed E-state index contributed by atoms with van der Waals surface area (Å²) in [6.07, 6.45) is 1.73. The molecule has 21 heavy (non-hydrogen) atoms. The van der Waals surface area contributed by atoms with Gasteiger partial charge in [0.15, 0.2) is 0 Å². The second kappa shape index (κ2) is 7.61. The average Bonchev–Trinajstić information content (AvgIpc) is 2.79. The van der Waals surface area contributed by atoms with E-state index in [1.54, 1.807) is 4.90 Å². The molecule has 0 spiro atoms. The van der Waals surface area contributed by atoms with Crippen LogP contribution in [0, 0.1) is 5.92 Å². The molecule has 7 heteroatoms. The number of hydrogen-bond donors (Lipinski definition) is 2. The molecule has 0 aromatic rings. The van der Waals surface area contributed by atoms with E-state index < -0.39 is 11.9 Å². The van der Waals surface area contributed by atoms with Gasteiger partial charge in [-0.05, 0) is 19.4 Å². The minimum atomic E-state index is -0.885. The van der Waals surface area contributed by atoms with Crippen molar-refractivity contribution in [3.05, 3.63) is 0 Å². The Morgan fingerprint density at radius 2 is 2.14 bits per heavy atom. The van der Waals surface area contributed by atoms with E-state index >= 15 is 0 Å². The molecule has 2 rings (SSSR count). The number of aliphatic carboxylic acids is 1. The number of rotatable bonds is 4. The van der Waals surface area contributed by atoms with Gasteiger partial charge in [-0.15, -0.1) is 0 Å². The maximum atomic E-state index is 12.8. The third kappa shape index (κ3) is 3.85. The molecular formula is C14H25N3O4. The number of amides is 2. The highest BCUT2D eigenvalue weighted by atomic mass is 16.5. The molecule has 2 heterocycles. The molecule has 2 N–H and O–H groups in total. The Balaban J connectivity index is 2.09. The molecule has 2 saturated heterocycles. The lowest BCUT2D eigenvalue weighted by atomic mass is 10.0. The molecule has 0 saturated carbocycles. The van der Waals surface area contributed by atoms with Gasteiger partial charge in [0.1, 0.15) is 5.92 Å². The largest absolute Gasteiger partial charge is 0.481 e. The Bertz CT molecular complexity index is 369. The SMILES string of the molecule is CCCN(C(=O)N1CCCNCC1)C1COCC1C(=O)O. The van der Waals surface area contributed by atoms with E-state index in [1.807, 2.05) is 11.8 Å². The van der Waals surface area contributed by atoms with Crippen LogP contribution in [-0.2, 0) is 9.53 Å². The van der Waals surface area contributed by atoms with Crippen molar-refractivity contribution in [1.82, 2.24) is 15.1 Å². The van der Waals surface area contributed by atoms with Crippen molar-refractivity contribution in [1.29, 1.82) is 0 Å². The van der Waals surface area contributed by atoms with Gasteiger partial charge in [-0.25, -0.2) is 4.79 Å². The predicted molar refractivity (Wildman–Crippen MR) is 77.2 cm³/mol. The summed E-state index contributed by atoms with van der Waals surface area (Å²) in [6.45, 7) is 6.17. The second-order valence-electron chi connectivity index (χ2n) is 5.62. The lowest BCUT2D eigenvalue weighted by Gasteiger charge is -2.34. The first-order valence-corrected chi connectivity index (χ1v) is 7.72. The van der Waals surface area contributed by atoms with E-state index in [4.69, 9.17) is 4.74 Å². The Kier molecular flexibility index (Phi) is 5.81. The van der Waals surface area contributed by atoms with Crippen molar-refractivity contribution in [3.63, 3.8) is 0 Å². The first kappa shape index (κ1) is 16.0. The average molecular weight is 299 g/mol. The highest BCUT2D eigenvalue weighted by molar-refractivity contribution is 5.77. The van der Waals surface area contributed by atoms with Crippen molar-refractivity contribution in [2.24, 2.45) is 5.92 Å². The number of carboxylic acids is 1. The number of carbonyl (C=O) groups excluding carboxylic acids is 1. The molecule has 2 fully saturated rings. The number of carboxylic acid groups (broad SMARTS) is 1. The van der Waals surface area contributed by atoms with E-state index in [1.165, 1.54) is 0 Å². The first-order valence-electron chi connectivity index (χ1n) is 7.72. The van der Waals surface area contributed by atoms with Crippen LogP contribution in [0.15, 0.2) is 0 Å². The molecule has 0 aromatic heterocycles. The van der Waals surface area contributed by atoms with Crippen LogP contribution >= 0.6 is 0 Å². The molecule has 2 unspecified atom stereocenters. The smallest absolute Gasteiger partial charge is 0.320 e. The molecule has 2 amide bonds. The zero-order valence-electron chi connectivity index (χ0n) is 12.6. The number of nitrogens with one attached hydrogen (secondary N) is 1. The van der Waals surface area contributed by atoms with Crippen molar-refractivity contribution in [2.75, 3.05) is 45.9 Å². The first-order chi connectivity index (χ1) is 10.1. The molecular weight excluding hydrogens is 274 g/mol. The molecule has 0 aliphatic carbocycles. The lowest BCUT2D eigenvalue weighted by molar-refractivity contribution is -0.142. The van der Waals surface area contributed by atoms with E-state index in [-0.39, 0.29) is 18.7 Å². The summed E-state index contributed by atoms with van der Waals surface area (Å²) >= 11 is 0. The monoisotopic (exact) mass is 299 g/mol. The Morgan fingerprint density at radius 1 is 1.33 bits per heavy atom. The summed E-state index contributed by atoms with van der Waals surface area (Å²) in [5, 5.41) is 12.6. The molecule has 0 radical (unpaired) electrons. The van der Waals surface area contributed by atoms with Gasteiger partial charge in [-0.1, -0.05) is 6.92 Å². The van der Waals surface area contributed by atoms with Gasteiger partial charge in [0.25, 0.3) is 0 Å². The zero-order valence-corrected chi connectivity index (χ0v) is 12.6. The summed E-state index contributed by atoms with van der Waals surface area (Å²) in [4.78, 5) is 27.6. The molecule has 0 bridgehead atoms. The summed E-state index contributed by atoms with van der Waals surface area (Å²) in [6, 6.07) is -0.409. The third-order valence-electron chi connectivity index (χ3n) is 4.09. The lowest BCUT2D eigenvalue weighted by Crippen LogP contribution is -2.52. The fourth-order valence-corrected chi connectivity index (χ4v) is 2.95. The minimum absolute atomic E-state index is 0.0534. The summed E-state index contributed by atoms with van der Waals surface area (Å²) in [5.41, 5.74) is 0. The molecule has 0 aromatic carbocycles. The highest BCUT2D eigenvalue weighted by Gasteiger charge is 2.40. The van der Waals surface area contributed by atoms with E-state index in [0.717, 1.165) is 32.5 Å². The van der Waals surface area contributed by atoms with E-state index in [9.17, 15) is 14.7 Å². The van der Waals surface area contributed by atoms with Gasteiger partial charge in [0.05, 0.1) is 19.3 Å². The van der Waals surface area contributed by atoms with Crippen LogP contribution < -0.4 is 5.32 Å². The van der Waals surface area contributed by atoms with Crippen LogP contribution in [0.1, 0.15) is 19.8 Å². The van der Waals surface area contributed by atoms with Crippen molar-refractivity contribution >= 4 is 12.0 Å². The maximum absolute atomic E-state index is 12.8. The van der Waals surface area contributed by atoms with Crippen LogP contribution in [0.25, 0.3) is 0 Å². The minimum Gasteiger partial charge on any atom is -0.481 e. The fourth-order valence-electron chi connectivity index (χ4n) is 2.95. The van der Waals surface area contributed by atoms with Crippen LogP contribution in [0.3, 0.4) is 0 Å². The number of carbonyl (C=O) groups is 2. The molecule has 120 valence electrons. The summed E-state index contributed by atoms with van der Waals surface area (Å²) in [7, 11) is 0. The van der Waals surface area contributed by atoms with Crippen LogP contribution in [0.4, 0.5) is 4.79 Å². The van der Waals surface area contributed by atoms with Gasteiger partial charge >= 0.3 is 12.0 Å². The quantitative estimate of drug-likeness (QED) is 0.775.